The number of rotatable bonds is 3. The second-order valence-corrected chi connectivity index (χ2v) is 10.7. The Morgan fingerprint density at radius 1 is 1.24 bits per heavy atom. The Kier molecular flexibility index (Phi) is 4.78. The Morgan fingerprint density at radius 3 is 2.72 bits per heavy atom. The average Bonchev–Trinajstić information content (AvgIpc) is 2.63. The van der Waals surface area contributed by atoms with Crippen LogP contribution in [-0.4, -0.2) is 16.0 Å². The molecule has 0 saturated heterocycles. The van der Waals surface area contributed by atoms with Gasteiger partial charge in [-0.2, -0.15) is 0 Å². The molecule has 29 heavy (non-hydrogen) atoms. The fourth-order valence-corrected chi connectivity index (χ4v) is 7.55. The van der Waals surface area contributed by atoms with Gasteiger partial charge in [0.2, 0.25) is 0 Å². The van der Waals surface area contributed by atoms with Gasteiger partial charge in [0.25, 0.3) is 0 Å². The zero-order valence-corrected chi connectivity index (χ0v) is 17.6. The lowest BCUT2D eigenvalue weighted by Crippen LogP contribution is -2.52. The van der Waals surface area contributed by atoms with E-state index in [4.69, 9.17) is 5.73 Å². The van der Waals surface area contributed by atoms with Crippen molar-refractivity contribution in [1.82, 2.24) is 0 Å². The number of phenols is 1. The topological polar surface area (TPSA) is 83.6 Å². The molecule has 1 aromatic rings. The monoisotopic (exact) mass is 397 g/mol. The summed E-state index contributed by atoms with van der Waals surface area (Å²) in [4.78, 5) is 12.4. The van der Waals surface area contributed by atoms with Gasteiger partial charge in [0.1, 0.15) is 17.8 Å². The van der Waals surface area contributed by atoms with Crippen LogP contribution < -0.4 is 5.73 Å². The van der Waals surface area contributed by atoms with E-state index in [1.807, 2.05) is 6.07 Å². The molecule has 0 amide bonds. The summed E-state index contributed by atoms with van der Waals surface area (Å²) in [5.74, 6) is 3.52. The predicted molar refractivity (Wildman–Crippen MR) is 112 cm³/mol. The number of aromatic hydroxyl groups is 1. The Bertz CT molecular complexity index is 815. The minimum atomic E-state index is -1.16. The summed E-state index contributed by atoms with van der Waals surface area (Å²) in [5, 5.41) is 21.1. The zero-order valence-electron chi connectivity index (χ0n) is 17.6. The van der Waals surface area contributed by atoms with E-state index in [9.17, 15) is 15.0 Å². The molecule has 1 aromatic carbocycles. The summed E-state index contributed by atoms with van der Waals surface area (Å²) in [6.45, 7) is 2.40. The largest absolute Gasteiger partial charge is 0.507 e. The highest BCUT2D eigenvalue weighted by Crippen LogP contribution is 2.66. The van der Waals surface area contributed by atoms with Crippen molar-refractivity contribution in [3.05, 3.63) is 28.8 Å². The summed E-state index contributed by atoms with van der Waals surface area (Å²) in [7, 11) is 0. The first-order valence-corrected chi connectivity index (χ1v) is 11.7. The molecule has 3 fully saturated rings. The van der Waals surface area contributed by atoms with Crippen LogP contribution in [0.3, 0.4) is 0 Å². The summed E-state index contributed by atoms with van der Waals surface area (Å²) in [6, 6.07) is 3.91. The molecule has 0 spiro atoms. The van der Waals surface area contributed by atoms with Gasteiger partial charge in [-0.3, -0.25) is 4.79 Å². The number of carbonyl (C=O) groups is 1. The second-order valence-electron chi connectivity index (χ2n) is 10.7. The molecule has 158 valence electrons. The molecule has 4 aliphatic rings. The van der Waals surface area contributed by atoms with Crippen LogP contribution in [0.5, 0.6) is 5.75 Å². The highest BCUT2D eigenvalue weighted by Gasteiger charge is 2.57. The molecule has 3 unspecified atom stereocenters. The summed E-state index contributed by atoms with van der Waals surface area (Å²) < 4.78 is 0. The molecule has 6 atom stereocenters. The fraction of sp³-hybridized carbons (Fsp3) is 0.720. The standard InChI is InChI=1S/C25H35NO3/c1-25-10-9-18(27)7-5-16-12-17(11-14-3-2-4-14)20(25)13-15-6-8-19(24(26)29)23(28)21(15)22(16)25/h6,8,14,16-17,20,22,24,28-29H,2-5,7,9-13,26H2,1H3/t16-,17?,20-,22?,24?,25-/m0/s1. The molecule has 5 rings (SSSR count). The number of phenolic OH excluding ortho intramolecular Hbond substituents is 1. The molecule has 4 aliphatic carbocycles. The third kappa shape index (κ3) is 3.06. The molecule has 4 nitrogen and oxygen atoms in total. The Hall–Kier alpha value is -1.39. The van der Waals surface area contributed by atoms with Crippen molar-refractivity contribution in [2.75, 3.05) is 0 Å². The highest BCUT2D eigenvalue weighted by atomic mass is 16.3. The number of fused-ring (bicyclic) bond motifs is 1. The highest BCUT2D eigenvalue weighted by molar-refractivity contribution is 5.78. The van der Waals surface area contributed by atoms with Crippen LogP contribution in [0.15, 0.2) is 12.1 Å². The van der Waals surface area contributed by atoms with Crippen LogP contribution in [-0.2, 0) is 11.2 Å². The minimum absolute atomic E-state index is 0.0378. The van der Waals surface area contributed by atoms with Crippen molar-refractivity contribution < 1.29 is 15.0 Å². The van der Waals surface area contributed by atoms with Crippen molar-refractivity contribution in [3.63, 3.8) is 0 Å². The lowest BCUT2D eigenvalue weighted by atomic mass is 9.44. The molecular formula is C25H35NO3. The van der Waals surface area contributed by atoms with Gasteiger partial charge in [-0.25, -0.2) is 0 Å². The number of carbonyl (C=O) groups excluding carboxylic acids is 1. The first kappa shape index (κ1) is 19.6. The molecule has 0 aliphatic heterocycles. The van der Waals surface area contributed by atoms with Gasteiger partial charge in [-0.15, -0.1) is 0 Å². The normalized spacial score (nSPS) is 37.8. The first-order valence-electron chi connectivity index (χ1n) is 11.7. The number of aliphatic hydroxyl groups is 1. The number of ketones is 1. The molecule has 0 heterocycles. The molecule has 0 radical (unpaired) electrons. The van der Waals surface area contributed by atoms with Gasteiger partial charge in [0, 0.05) is 24.0 Å². The van der Waals surface area contributed by atoms with Crippen molar-refractivity contribution in [1.29, 1.82) is 0 Å². The number of nitrogens with two attached hydrogens (primary N) is 1. The molecule has 0 aromatic heterocycles. The van der Waals surface area contributed by atoms with E-state index in [1.165, 1.54) is 37.7 Å². The van der Waals surface area contributed by atoms with E-state index in [2.05, 4.69) is 13.0 Å². The summed E-state index contributed by atoms with van der Waals surface area (Å²) in [5.41, 5.74) is 8.50. The molecule has 4 bridgehead atoms. The molecule has 3 saturated carbocycles. The fourth-order valence-electron chi connectivity index (χ4n) is 7.55. The second kappa shape index (κ2) is 7.09. The number of aliphatic hydroxyl groups excluding tert-OH is 1. The van der Waals surface area contributed by atoms with E-state index in [0.717, 1.165) is 36.7 Å². The SMILES string of the molecule is C[C@]12CCC(=O)CC[C@H]3CC(CC4CCC4)[C@@H]1Cc1ccc(C(N)O)c(O)c1C32. The van der Waals surface area contributed by atoms with Crippen LogP contribution in [0.1, 0.15) is 93.5 Å². The quantitative estimate of drug-likeness (QED) is 0.652. The van der Waals surface area contributed by atoms with Gasteiger partial charge >= 0.3 is 0 Å². The van der Waals surface area contributed by atoms with Crippen LogP contribution in [0.25, 0.3) is 0 Å². The van der Waals surface area contributed by atoms with Crippen LogP contribution in [0.4, 0.5) is 0 Å². The molecule has 4 N–H and O–H groups in total. The van der Waals surface area contributed by atoms with E-state index < -0.39 is 6.23 Å². The third-order valence-electron chi connectivity index (χ3n) is 9.21. The number of hydrogen-bond acceptors (Lipinski definition) is 4. The van der Waals surface area contributed by atoms with Crippen molar-refractivity contribution in [3.8, 4) is 5.75 Å². The Balaban J connectivity index is 1.62. The lowest BCUT2D eigenvalue weighted by molar-refractivity contribution is -0.124. The van der Waals surface area contributed by atoms with Gasteiger partial charge in [-0.05, 0) is 72.7 Å². The van der Waals surface area contributed by atoms with Gasteiger partial charge in [-0.1, -0.05) is 38.3 Å². The lowest BCUT2D eigenvalue weighted by Gasteiger charge is -2.60. The predicted octanol–water partition coefficient (Wildman–Crippen LogP) is 4.57. The maximum absolute atomic E-state index is 12.4. The maximum Gasteiger partial charge on any atom is 0.132 e. The zero-order chi connectivity index (χ0) is 20.3. The van der Waals surface area contributed by atoms with E-state index in [-0.39, 0.29) is 17.1 Å². The van der Waals surface area contributed by atoms with E-state index >= 15 is 0 Å². The van der Waals surface area contributed by atoms with Crippen LogP contribution >= 0.6 is 0 Å². The number of Topliss-reactive ketones (excluding diaryl/α,β-unsaturated/α-hetero) is 1. The van der Waals surface area contributed by atoms with Crippen molar-refractivity contribution >= 4 is 5.78 Å². The summed E-state index contributed by atoms with van der Waals surface area (Å²) in [6.07, 6.45) is 9.72. The van der Waals surface area contributed by atoms with Gasteiger partial charge in [0.15, 0.2) is 0 Å². The molecule has 4 heteroatoms. The third-order valence-corrected chi connectivity index (χ3v) is 9.21. The number of benzene rings is 1. The van der Waals surface area contributed by atoms with Crippen molar-refractivity contribution in [2.24, 2.45) is 34.8 Å². The maximum atomic E-state index is 12.4. The van der Waals surface area contributed by atoms with Gasteiger partial charge < -0.3 is 15.9 Å². The number of hydrogen-bond donors (Lipinski definition) is 3. The Morgan fingerprint density at radius 2 is 2.03 bits per heavy atom. The first-order chi connectivity index (χ1) is 13.9. The van der Waals surface area contributed by atoms with E-state index in [1.54, 1.807) is 0 Å². The smallest absolute Gasteiger partial charge is 0.132 e. The van der Waals surface area contributed by atoms with E-state index in [0.29, 0.717) is 36.0 Å². The van der Waals surface area contributed by atoms with Crippen molar-refractivity contribution in [2.45, 2.75) is 83.3 Å². The van der Waals surface area contributed by atoms with Gasteiger partial charge in [0.05, 0.1) is 0 Å². The van der Waals surface area contributed by atoms with Crippen LogP contribution in [0, 0.1) is 29.1 Å². The summed E-state index contributed by atoms with van der Waals surface area (Å²) >= 11 is 0. The minimum Gasteiger partial charge on any atom is -0.507 e. The Labute approximate surface area is 173 Å². The molecular weight excluding hydrogens is 362 g/mol. The van der Waals surface area contributed by atoms with Crippen LogP contribution in [0.2, 0.25) is 0 Å². The average molecular weight is 398 g/mol.